The number of fused-ring (bicyclic) bond motifs is 1. The molecule has 2 heterocycles. The third-order valence-electron chi connectivity index (χ3n) is 4.17. The van der Waals surface area contributed by atoms with Gasteiger partial charge < -0.3 is 5.32 Å². The maximum atomic E-state index is 12.7. The Bertz CT molecular complexity index is 886. The van der Waals surface area contributed by atoms with Crippen molar-refractivity contribution in [3.05, 3.63) is 58.3 Å². The average Bonchev–Trinajstić information content (AvgIpc) is 3.03. The fourth-order valence-corrected chi connectivity index (χ4v) is 3.06. The fourth-order valence-electron chi connectivity index (χ4n) is 2.80. The van der Waals surface area contributed by atoms with Gasteiger partial charge in [0.05, 0.1) is 17.8 Å². The topological polar surface area (TPSA) is 59.8 Å². The van der Waals surface area contributed by atoms with Crippen molar-refractivity contribution in [2.75, 3.05) is 0 Å². The van der Waals surface area contributed by atoms with Gasteiger partial charge in [-0.1, -0.05) is 35.0 Å². The Kier molecular flexibility index (Phi) is 5.18. The van der Waals surface area contributed by atoms with Crippen LogP contribution >= 0.6 is 15.9 Å². The number of aromatic nitrogens is 3. The van der Waals surface area contributed by atoms with Gasteiger partial charge in [0, 0.05) is 22.1 Å². The Morgan fingerprint density at radius 1 is 1.24 bits per heavy atom. The van der Waals surface area contributed by atoms with Crippen LogP contribution in [-0.4, -0.2) is 20.7 Å². The molecular formula is C19H21BrN4O. The molecule has 2 aromatic heterocycles. The molecule has 1 N–H and O–H groups in total. The average molecular weight is 401 g/mol. The van der Waals surface area contributed by atoms with E-state index in [2.05, 4.69) is 52.1 Å². The molecule has 0 saturated carbocycles. The van der Waals surface area contributed by atoms with Gasteiger partial charge in [0.2, 0.25) is 0 Å². The zero-order valence-electron chi connectivity index (χ0n) is 14.5. The standard InChI is InChI=1S/C19H21BrN4O/c1-4-17(13-5-7-16(20)8-6-13)23-19(25)15-9-14-11-22-24(12(2)3)18(14)21-10-15/h5-12,17H,4H2,1-3H3,(H,23,25)/t17-/m0/s1. The van der Waals surface area contributed by atoms with Crippen LogP contribution in [0.3, 0.4) is 0 Å². The van der Waals surface area contributed by atoms with Crippen molar-refractivity contribution >= 4 is 32.9 Å². The summed E-state index contributed by atoms with van der Waals surface area (Å²) in [4.78, 5) is 17.1. The molecule has 0 bridgehead atoms. The van der Waals surface area contributed by atoms with Gasteiger partial charge in [-0.25, -0.2) is 9.67 Å². The minimum atomic E-state index is -0.124. The summed E-state index contributed by atoms with van der Waals surface area (Å²) in [5.41, 5.74) is 2.43. The fraction of sp³-hybridized carbons (Fsp3) is 0.316. The van der Waals surface area contributed by atoms with Crippen LogP contribution in [0.1, 0.15) is 55.2 Å². The van der Waals surface area contributed by atoms with E-state index in [0.29, 0.717) is 5.56 Å². The molecule has 3 aromatic rings. The Morgan fingerprint density at radius 3 is 2.60 bits per heavy atom. The Labute approximate surface area is 155 Å². The number of rotatable bonds is 5. The summed E-state index contributed by atoms with van der Waals surface area (Å²) in [7, 11) is 0. The number of hydrogen-bond donors (Lipinski definition) is 1. The molecule has 0 aliphatic rings. The van der Waals surface area contributed by atoms with Crippen LogP contribution in [0.15, 0.2) is 47.2 Å². The molecule has 130 valence electrons. The van der Waals surface area contributed by atoms with Crippen LogP contribution in [0, 0.1) is 0 Å². The molecule has 6 heteroatoms. The van der Waals surface area contributed by atoms with Crippen molar-refractivity contribution in [2.45, 2.75) is 39.3 Å². The van der Waals surface area contributed by atoms with Gasteiger partial charge in [0.25, 0.3) is 5.91 Å². The third-order valence-corrected chi connectivity index (χ3v) is 4.70. The highest BCUT2D eigenvalue weighted by Crippen LogP contribution is 2.21. The highest BCUT2D eigenvalue weighted by Gasteiger charge is 2.16. The number of carbonyl (C=O) groups excluding carboxylic acids is 1. The molecule has 5 nitrogen and oxygen atoms in total. The van der Waals surface area contributed by atoms with Gasteiger partial charge in [-0.05, 0) is 44.0 Å². The van der Waals surface area contributed by atoms with Gasteiger partial charge in [-0.3, -0.25) is 4.79 Å². The van der Waals surface area contributed by atoms with Crippen molar-refractivity contribution in [3.8, 4) is 0 Å². The molecule has 0 spiro atoms. The zero-order chi connectivity index (χ0) is 18.0. The van der Waals surface area contributed by atoms with E-state index >= 15 is 0 Å². The van der Waals surface area contributed by atoms with Crippen LogP contribution in [0.5, 0.6) is 0 Å². The first kappa shape index (κ1) is 17.6. The Morgan fingerprint density at radius 2 is 1.96 bits per heavy atom. The molecule has 25 heavy (non-hydrogen) atoms. The number of carbonyl (C=O) groups is 1. The van der Waals surface area contributed by atoms with Crippen LogP contribution in [-0.2, 0) is 0 Å². The minimum absolute atomic E-state index is 0.0327. The van der Waals surface area contributed by atoms with Gasteiger partial charge in [0.15, 0.2) is 5.65 Å². The summed E-state index contributed by atoms with van der Waals surface area (Å²) in [6.07, 6.45) is 4.19. The molecule has 0 saturated heterocycles. The van der Waals surface area contributed by atoms with E-state index in [1.807, 2.05) is 35.0 Å². The van der Waals surface area contributed by atoms with Crippen LogP contribution in [0.4, 0.5) is 0 Å². The second-order valence-electron chi connectivity index (χ2n) is 6.31. The van der Waals surface area contributed by atoms with E-state index in [1.54, 1.807) is 12.4 Å². The monoisotopic (exact) mass is 400 g/mol. The maximum Gasteiger partial charge on any atom is 0.253 e. The summed E-state index contributed by atoms with van der Waals surface area (Å²) < 4.78 is 2.88. The number of nitrogens with one attached hydrogen (secondary N) is 1. The van der Waals surface area contributed by atoms with E-state index in [9.17, 15) is 4.79 Å². The molecule has 0 radical (unpaired) electrons. The summed E-state index contributed by atoms with van der Waals surface area (Å²) >= 11 is 3.44. The van der Waals surface area contributed by atoms with Gasteiger partial charge in [-0.2, -0.15) is 5.10 Å². The summed E-state index contributed by atoms with van der Waals surface area (Å²) in [5.74, 6) is -0.124. The lowest BCUT2D eigenvalue weighted by Gasteiger charge is -2.17. The lowest BCUT2D eigenvalue weighted by atomic mass is 10.0. The molecule has 1 amide bonds. The first-order valence-electron chi connectivity index (χ1n) is 8.39. The maximum absolute atomic E-state index is 12.7. The first-order chi connectivity index (χ1) is 12.0. The van der Waals surface area contributed by atoms with Gasteiger partial charge in [-0.15, -0.1) is 0 Å². The van der Waals surface area contributed by atoms with Crippen LogP contribution in [0.25, 0.3) is 11.0 Å². The van der Waals surface area contributed by atoms with Crippen molar-refractivity contribution in [2.24, 2.45) is 0 Å². The predicted octanol–water partition coefficient (Wildman–Crippen LogP) is 4.66. The number of halogens is 1. The van der Waals surface area contributed by atoms with Crippen LogP contribution in [0.2, 0.25) is 0 Å². The summed E-state index contributed by atoms with van der Waals surface area (Å²) in [5, 5.41) is 8.31. The molecule has 3 rings (SSSR count). The molecule has 0 aliphatic carbocycles. The lowest BCUT2D eigenvalue weighted by molar-refractivity contribution is 0.0935. The van der Waals surface area contributed by atoms with Crippen LogP contribution < -0.4 is 5.32 Å². The van der Waals surface area contributed by atoms with E-state index in [0.717, 1.165) is 27.5 Å². The Hall–Kier alpha value is -2.21. The van der Waals surface area contributed by atoms with E-state index < -0.39 is 0 Å². The number of hydrogen-bond acceptors (Lipinski definition) is 3. The largest absolute Gasteiger partial charge is 0.345 e. The van der Waals surface area contributed by atoms with Gasteiger partial charge in [0.1, 0.15) is 0 Å². The number of pyridine rings is 1. The van der Waals surface area contributed by atoms with Crippen molar-refractivity contribution < 1.29 is 4.79 Å². The smallest absolute Gasteiger partial charge is 0.253 e. The minimum Gasteiger partial charge on any atom is -0.345 e. The zero-order valence-corrected chi connectivity index (χ0v) is 16.1. The van der Waals surface area contributed by atoms with E-state index in [-0.39, 0.29) is 18.0 Å². The summed E-state index contributed by atoms with van der Waals surface area (Å²) in [6, 6.07) is 10.1. The molecule has 0 aliphatic heterocycles. The number of benzene rings is 1. The first-order valence-corrected chi connectivity index (χ1v) is 9.18. The molecule has 1 atom stereocenters. The molecular weight excluding hydrogens is 380 g/mol. The number of nitrogens with zero attached hydrogens (tertiary/aromatic N) is 3. The van der Waals surface area contributed by atoms with Crippen molar-refractivity contribution in [1.82, 2.24) is 20.1 Å². The molecule has 0 fully saturated rings. The third kappa shape index (κ3) is 3.74. The van der Waals surface area contributed by atoms with Crippen molar-refractivity contribution in [1.29, 1.82) is 0 Å². The quantitative estimate of drug-likeness (QED) is 0.677. The molecule has 0 unspecified atom stereocenters. The van der Waals surface area contributed by atoms with E-state index in [4.69, 9.17) is 0 Å². The van der Waals surface area contributed by atoms with E-state index in [1.165, 1.54) is 0 Å². The summed E-state index contributed by atoms with van der Waals surface area (Å²) in [6.45, 7) is 6.17. The lowest BCUT2D eigenvalue weighted by Crippen LogP contribution is -2.28. The highest BCUT2D eigenvalue weighted by atomic mass is 79.9. The predicted molar refractivity (Wildman–Crippen MR) is 103 cm³/mol. The highest BCUT2D eigenvalue weighted by molar-refractivity contribution is 9.10. The number of amides is 1. The normalized spacial score (nSPS) is 12.5. The second kappa shape index (κ2) is 7.35. The second-order valence-corrected chi connectivity index (χ2v) is 7.22. The molecule has 1 aromatic carbocycles. The van der Waals surface area contributed by atoms with Gasteiger partial charge >= 0.3 is 0 Å². The SMILES string of the molecule is CC[C@H](NC(=O)c1cnc2c(cnn2C(C)C)c1)c1ccc(Br)cc1. The van der Waals surface area contributed by atoms with Crippen molar-refractivity contribution in [3.63, 3.8) is 0 Å². The Balaban J connectivity index is 1.82.